The standard InChI is InChI=1S/C12H17NO3S/c14-11-2-1-3-12(8-11)17(15,16)9-10-4-6-13-7-5-10/h1-3,8,10,13-14H,4-7,9H2. The molecule has 1 aliphatic rings. The molecule has 0 saturated carbocycles. The number of piperidine rings is 1. The lowest BCUT2D eigenvalue weighted by Crippen LogP contribution is -2.31. The zero-order valence-electron chi connectivity index (χ0n) is 9.59. The van der Waals surface area contributed by atoms with Gasteiger partial charge in [0, 0.05) is 0 Å². The second kappa shape index (κ2) is 5.06. The van der Waals surface area contributed by atoms with Gasteiger partial charge in [-0.25, -0.2) is 8.42 Å². The molecule has 0 aromatic heterocycles. The zero-order chi connectivity index (χ0) is 12.3. The summed E-state index contributed by atoms with van der Waals surface area (Å²) >= 11 is 0. The summed E-state index contributed by atoms with van der Waals surface area (Å²) in [6.07, 6.45) is 1.80. The van der Waals surface area contributed by atoms with Crippen molar-refractivity contribution in [3.05, 3.63) is 24.3 Å². The smallest absolute Gasteiger partial charge is 0.178 e. The Labute approximate surface area is 102 Å². The number of rotatable bonds is 3. The monoisotopic (exact) mass is 255 g/mol. The van der Waals surface area contributed by atoms with E-state index in [1.807, 2.05) is 0 Å². The van der Waals surface area contributed by atoms with Crippen LogP contribution in [0.1, 0.15) is 12.8 Å². The van der Waals surface area contributed by atoms with E-state index in [4.69, 9.17) is 0 Å². The summed E-state index contributed by atoms with van der Waals surface area (Å²) < 4.78 is 24.2. The molecule has 94 valence electrons. The lowest BCUT2D eigenvalue weighted by Gasteiger charge is -2.22. The van der Waals surface area contributed by atoms with Crippen molar-refractivity contribution >= 4 is 9.84 Å². The zero-order valence-corrected chi connectivity index (χ0v) is 10.4. The van der Waals surface area contributed by atoms with E-state index in [1.54, 1.807) is 6.07 Å². The van der Waals surface area contributed by atoms with Crippen LogP contribution in [0.25, 0.3) is 0 Å². The average molecular weight is 255 g/mol. The first-order valence-electron chi connectivity index (χ1n) is 5.80. The molecule has 1 fully saturated rings. The SMILES string of the molecule is O=S(=O)(CC1CCNCC1)c1cccc(O)c1. The van der Waals surface area contributed by atoms with E-state index in [9.17, 15) is 13.5 Å². The van der Waals surface area contributed by atoms with Crippen molar-refractivity contribution in [3.8, 4) is 5.75 Å². The molecule has 1 saturated heterocycles. The van der Waals surface area contributed by atoms with Gasteiger partial charge < -0.3 is 10.4 Å². The third-order valence-corrected chi connectivity index (χ3v) is 4.97. The number of nitrogens with one attached hydrogen (secondary N) is 1. The van der Waals surface area contributed by atoms with Crippen LogP contribution in [0.15, 0.2) is 29.2 Å². The highest BCUT2D eigenvalue weighted by molar-refractivity contribution is 7.91. The van der Waals surface area contributed by atoms with Crippen LogP contribution in [0.3, 0.4) is 0 Å². The molecule has 4 nitrogen and oxygen atoms in total. The first-order chi connectivity index (χ1) is 8.08. The molecule has 0 bridgehead atoms. The molecular formula is C12H17NO3S. The van der Waals surface area contributed by atoms with Gasteiger partial charge in [0.1, 0.15) is 5.75 Å². The minimum atomic E-state index is -3.27. The highest BCUT2D eigenvalue weighted by atomic mass is 32.2. The van der Waals surface area contributed by atoms with Gasteiger partial charge in [-0.2, -0.15) is 0 Å². The van der Waals surface area contributed by atoms with Gasteiger partial charge in [0.05, 0.1) is 10.6 Å². The summed E-state index contributed by atoms with van der Waals surface area (Å²) in [7, 11) is -3.27. The van der Waals surface area contributed by atoms with Gasteiger partial charge in [-0.3, -0.25) is 0 Å². The van der Waals surface area contributed by atoms with Gasteiger partial charge in [0.25, 0.3) is 0 Å². The Bertz CT molecular complexity index is 478. The summed E-state index contributed by atoms with van der Waals surface area (Å²) in [5.74, 6) is 0.401. The summed E-state index contributed by atoms with van der Waals surface area (Å²) in [5, 5.41) is 12.5. The lowest BCUT2D eigenvalue weighted by atomic mass is 10.0. The first-order valence-corrected chi connectivity index (χ1v) is 7.46. The second-order valence-electron chi connectivity index (χ2n) is 4.47. The number of sulfone groups is 1. The van der Waals surface area contributed by atoms with Crippen LogP contribution in [-0.4, -0.2) is 32.4 Å². The molecule has 0 radical (unpaired) electrons. The molecule has 2 rings (SSSR count). The Balaban J connectivity index is 2.13. The van der Waals surface area contributed by atoms with Crippen molar-refractivity contribution in [2.45, 2.75) is 17.7 Å². The number of benzene rings is 1. The van der Waals surface area contributed by atoms with Crippen molar-refractivity contribution in [3.63, 3.8) is 0 Å². The maximum atomic E-state index is 12.1. The van der Waals surface area contributed by atoms with E-state index in [2.05, 4.69) is 5.32 Å². The summed E-state index contributed by atoms with van der Waals surface area (Å²) in [4.78, 5) is 0.219. The largest absolute Gasteiger partial charge is 0.508 e. The predicted octanol–water partition coefficient (Wildman–Crippen LogP) is 1.17. The van der Waals surface area contributed by atoms with E-state index < -0.39 is 9.84 Å². The fourth-order valence-electron chi connectivity index (χ4n) is 2.13. The number of hydrogen-bond donors (Lipinski definition) is 2. The summed E-state index contributed by atoms with van der Waals surface area (Å²) in [6.45, 7) is 1.78. The van der Waals surface area contributed by atoms with Crippen LogP contribution in [0.5, 0.6) is 5.75 Å². The van der Waals surface area contributed by atoms with Crippen LogP contribution >= 0.6 is 0 Å². The van der Waals surface area contributed by atoms with Crippen LogP contribution in [0, 0.1) is 5.92 Å². The van der Waals surface area contributed by atoms with Crippen molar-refractivity contribution in [2.75, 3.05) is 18.8 Å². The summed E-state index contributed by atoms with van der Waals surface area (Å²) in [5.41, 5.74) is 0. The Morgan fingerprint density at radius 2 is 2.00 bits per heavy atom. The quantitative estimate of drug-likeness (QED) is 0.850. The van der Waals surface area contributed by atoms with Crippen molar-refractivity contribution in [1.82, 2.24) is 5.32 Å². The maximum Gasteiger partial charge on any atom is 0.178 e. The van der Waals surface area contributed by atoms with Crippen molar-refractivity contribution < 1.29 is 13.5 Å². The van der Waals surface area contributed by atoms with Crippen LogP contribution < -0.4 is 5.32 Å². The maximum absolute atomic E-state index is 12.1. The van der Waals surface area contributed by atoms with Gasteiger partial charge in [-0.1, -0.05) is 6.07 Å². The van der Waals surface area contributed by atoms with E-state index >= 15 is 0 Å². The Morgan fingerprint density at radius 3 is 2.65 bits per heavy atom. The fraction of sp³-hybridized carbons (Fsp3) is 0.500. The highest BCUT2D eigenvalue weighted by Crippen LogP contribution is 2.22. The molecule has 0 unspecified atom stereocenters. The Morgan fingerprint density at radius 1 is 1.29 bits per heavy atom. The molecule has 1 aromatic carbocycles. The molecule has 0 aliphatic carbocycles. The molecule has 0 amide bonds. The minimum Gasteiger partial charge on any atom is -0.508 e. The van der Waals surface area contributed by atoms with Crippen molar-refractivity contribution in [2.24, 2.45) is 5.92 Å². The van der Waals surface area contributed by atoms with E-state index in [0.29, 0.717) is 0 Å². The van der Waals surface area contributed by atoms with Crippen LogP contribution in [0.4, 0.5) is 0 Å². The number of aromatic hydroxyl groups is 1. The number of phenols is 1. The summed E-state index contributed by atoms with van der Waals surface area (Å²) in [6, 6.07) is 5.89. The number of phenolic OH excluding ortho intramolecular Hbond substituents is 1. The van der Waals surface area contributed by atoms with Gasteiger partial charge in [-0.05, 0) is 50.0 Å². The van der Waals surface area contributed by atoms with Gasteiger partial charge >= 0.3 is 0 Å². The van der Waals surface area contributed by atoms with Gasteiger partial charge in [0.15, 0.2) is 9.84 Å². The topological polar surface area (TPSA) is 66.4 Å². The number of hydrogen-bond acceptors (Lipinski definition) is 4. The average Bonchev–Trinajstić information content (AvgIpc) is 2.30. The van der Waals surface area contributed by atoms with Gasteiger partial charge in [-0.15, -0.1) is 0 Å². The molecule has 1 aliphatic heterocycles. The Kier molecular flexibility index (Phi) is 3.69. The molecular weight excluding hydrogens is 238 g/mol. The molecule has 5 heteroatoms. The third-order valence-electron chi connectivity index (χ3n) is 3.09. The highest BCUT2D eigenvalue weighted by Gasteiger charge is 2.22. The van der Waals surface area contributed by atoms with Gasteiger partial charge in [0.2, 0.25) is 0 Å². The molecule has 0 atom stereocenters. The van der Waals surface area contributed by atoms with Crippen LogP contribution in [-0.2, 0) is 9.84 Å². The van der Waals surface area contributed by atoms with E-state index in [-0.39, 0.29) is 22.3 Å². The lowest BCUT2D eigenvalue weighted by molar-refractivity contribution is 0.401. The second-order valence-corrected chi connectivity index (χ2v) is 6.51. The fourth-order valence-corrected chi connectivity index (χ4v) is 3.86. The van der Waals surface area contributed by atoms with Crippen molar-refractivity contribution in [1.29, 1.82) is 0 Å². The molecule has 17 heavy (non-hydrogen) atoms. The minimum absolute atomic E-state index is 0.00335. The molecule has 1 aromatic rings. The molecule has 2 N–H and O–H groups in total. The normalized spacial score (nSPS) is 18.1. The molecule has 1 heterocycles. The third kappa shape index (κ3) is 3.20. The van der Waals surface area contributed by atoms with Crippen LogP contribution in [0.2, 0.25) is 0 Å². The molecule has 0 spiro atoms. The predicted molar refractivity (Wildman–Crippen MR) is 65.8 cm³/mol. The van der Waals surface area contributed by atoms with E-state index in [0.717, 1.165) is 25.9 Å². The van der Waals surface area contributed by atoms with E-state index in [1.165, 1.54) is 18.2 Å². The first kappa shape index (κ1) is 12.4. The Hall–Kier alpha value is -1.07.